The van der Waals surface area contributed by atoms with Gasteiger partial charge in [-0.2, -0.15) is 0 Å². The summed E-state index contributed by atoms with van der Waals surface area (Å²) in [6.07, 6.45) is 12.5. The molecular formula is C39H31N7O2+2. The Kier molecular flexibility index (Phi) is 6.85. The van der Waals surface area contributed by atoms with Crippen LogP contribution in [-0.4, -0.2) is 24.1 Å². The molecule has 0 radical (unpaired) electrons. The summed E-state index contributed by atoms with van der Waals surface area (Å²) in [7, 11) is 0. The molecule has 1 aliphatic heterocycles. The van der Waals surface area contributed by atoms with Gasteiger partial charge in [0.1, 0.15) is 51.0 Å². The van der Waals surface area contributed by atoms with Crippen LogP contribution in [0.4, 0.5) is 0 Å². The predicted octanol–water partition coefficient (Wildman–Crippen LogP) is 6.45. The van der Waals surface area contributed by atoms with E-state index in [1.165, 1.54) is 0 Å². The van der Waals surface area contributed by atoms with E-state index >= 15 is 0 Å². The largest absolute Gasteiger partial charge is 0.435 e. The van der Waals surface area contributed by atoms with E-state index in [1.54, 1.807) is 0 Å². The summed E-state index contributed by atoms with van der Waals surface area (Å²) in [6, 6.07) is 34.4. The zero-order valence-corrected chi connectivity index (χ0v) is 26.1. The van der Waals surface area contributed by atoms with Crippen LogP contribution in [0.2, 0.25) is 0 Å². The van der Waals surface area contributed by atoms with Crippen LogP contribution in [0.3, 0.4) is 0 Å². The maximum Gasteiger partial charge on any atom is 0.244 e. The Morgan fingerprint density at radius 1 is 0.521 bits per heavy atom. The van der Waals surface area contributed by atoms with E-state index in [4.69, 9.17) is 24.4 Å². The van der Waals surface area contributed by atoms with E-state index in [9.17, 15) is 0 Å². The number of benzene rings is 3. The van der Waals surface area contributed by atoms with Crippen LogP contribution in [0.15, 0.2) is 141 Å². The molecule has 0 spiro atoms. The van der Waals surface area contributed by atoms with Crippen LogP contribution in [-0.2, 0) is 26.2 Å². The molecule has 0 amide bonds. The maximum atomic E-state index is 6.65. The first-order valence-electron chi connectivity index (χ1n) is 16.0. The lowest BCUT2D eigenvalue weighted by atomic mass is 10.1. The van der Waals surface area contributed by atoms with Gasteiger partial charge in [-0.15, -0.1) is 0 Å². The second-order valence-electron chi connectivity index (χ2n) is 12.1. The molecule has 0 aliphatic carbocycles. The van der Waals surface area contributed by atoms with Gasteiger partial charge in [-0.1, -0.05) is 54.6 Å². The lowest BCUT2D eigenvalue weighted by Gasteiger charge is -2.15. The molecule has 48 heavy (non-hydrogen) atoms. The molecule has 9 rings (SSSR count). The second kappa shape index (κ2) is 11.8. The molecule has 8 aromatic rings. The van der Waals surface area contributed by atoms with E-state index < -0.39 is 0 Å². The topological polar surface area (TPSA) is 74.8 Å². The van der Waals surface area contributed by atoms with E-state index in [0.29, 0.717) is 49.4 Å². The van der Waals surface area contributed by atoms with E-state index in [0.717, 1.165) is 44.3 Å². The number of ether oxygens (including phenoxy) is 2. The van der Waals surface area contributed by atoms with Crippen molar-refractivity contribution in [2.45, 2.75) is 26.2 Å². The number of fused-ring (bicyclic) bond motifs is 11. The van der Waals surface area contributed by atoms with Gasteiger partial charge < -0.3 is 9.47 Å². The van der Waals surface area contributed by atoms with E-state index in [-0.39, 0.29) is 0 Å². The van der Waals surface area contributed by atoms with Crippen molar-refractivity contribution in [3.63, 3.8) is 0 Å². The summed E-state index contributed by atoms with van der Waals surface area (Å²) in [6.45, 7) is 2.46. The smallest absolute Gasteiger partial charge is 0.244 e. The molecule has 6 bridgehead atoms. The third-order valence-electron chi connectivity index (χ3n) is 8.54. The number of imidazole rings is 2. The van der Waals surface area contributed by atoms with Gasteiger partial charge in [0.25, 0.3) is 0 Å². The van der Waals surface area contributed by atoms with Crippen LogP contribution in [0.1, 0.15) is 22.5 Å². The van der Waals surface area contributed by atoms with Gasteiger partial charge in [0.2, 0.25) is 24.4 Å². The first-order chi connectivity index (χ1) is 23.7. The fraction of sp³-hybridized carbons (Fsp3) is 0.103. The number of rotatable bonds is 0. The van der Waals surface area contributed by atoms with Crippen LogP contribution in [0, 0.1) is 0 Å². The van der Waals surface area contributed by atoms with Crippen molar-refractivity contribution in [3.05, 3.63) is 163 Å². The molecule has 0 saturated carbocycles. The summed E-state index contributed by atoms with van der Waals surface area (Å²) >= 11 is 0. The molecule has 5 aromatic heterocycles. The monoisotopic (exact) mass is 629 g/mol. The van der Waals surface area contributed by atoms with Gasteiger partial charge in [-0.05, 0) is 48.5 Å². The van der Waals surface area contributed by atoms with Crippen LogP contribution in [0.25, 0.3) is 21.8 Å². The number of para-hydroxylation sites is 4. The summed E-state index contributed by atoms with van der Waals surface area (Å²) in [5.74, 6) is 2.16. The zero-order chi connectivity index (χ0) is 31.9. The van der Waals surface area contributed by atoms with Gasteiger partial charge in [0.05, 0.1) is 33.5 Å². The highest BCUT2D eigenvalue weighted by molar-refractivity contribution is 5.81. The SMILES string of the molecule is c1cc2nc(c1)Cn1cc[n+](c1)Cc1cc3ccccc3nc1Oc1ccccc1Oc1nc3ccccc3cc1C[n+]1ccn(c1)C2. The fourth-order valence-electron chi connectivity index (χ4n) is 6.24. The average molecular weight is 630 g/mol. The molecule has 6 heterocycles. The Labute approximate surface area is 276 Å². The lowest BCUT2D eigenvalue weighted by molar-refractivity contribution is -0.688. The highest BCUT2D eigenvalue weighted by Crippen LogP contribution is 2.37. The summed E-state index contributed by atoms with van der Waals surface area (Å²) in [5, 5.41) is 2.10. The zero-order valence-electron chi connectivity index (χ0n) is 26.1. The van der Waals surface area contributed by atoms with Gasteiger partial charge in [-0.25, -0.2) is 33.2 Å². The number of hydrogen-bond donors (Lipinski definition) is 0. The number of aromatic nitrogens is 7. The Balaban J connectivity index is 1.19. The number of pyridine rings is 3. The molecule has 0 fully saturated rings. The van der Waals surface area contributed by atoms with Gasteiger partial charge >= 0.3 is 0 Å². The number of nitrogens with zero attached hydrogens (tertiary/aromatic N) is 7. The molecule has 0 saturated heterocycles. The van der Waals surface area contributed by atoms with E-state index in [1.807, 2.05) is 60.7 Å². The summed E-state index contributed by atoms with van der Waals surface area (Å²) in [4.78, 5) is 15.0. The Morgan fingerprint density at radius 3 is 1.52 bits per heavy atom. The first-order valence-corrected chi connectivity index (χ1v) is 16.0. The van der Waals surface area contributed by atoms with Crippen LogP contribution >= 0.6 is 0 Å². The summed E-state index contributed by atoms with van der Waals surface area (Å²) in [5.41, 5.74) is 5.60. The van der Waals surface area contributed by atoms with Crippen molar-refractivity contribution in [1.82, 2.24) is 24.1 Å². The molecule has 1 aliphatic rings. The minimum atomic E-state index is 0.522. The van der Waals surface area contributed by atoms with Gasteiger partial charge in [0.15, 0.2) is 11.5 Å². The summed E-state index contributed by atoms with van der Waals surface area (Å²) < 4.78 is 21.9. The molecule has 3 aromatic carbocycles. The first kappa shape index (κ1) is 27.9. The van der Waals surface area contributed by atoms with Crippen molar-refractivity contribution in [2.24, 2.45) is 0 Å². The quantitative estimate of drug-likeness (QED) is 0.180. The molecule has 9 nitrogen and oxygen atoms in total. The van der Waals surface area contributed by atoms with Crippen molar-refractivity contribution >= 4 is 21.8 Å². The van der Waals surface area contributed by atoms with Crippen molar-refractivity contribution < 1.29 is 18.6 Å². The standard InChI is InChI=1S/C39H31N7O2/c1-3-12-34-28(8-1)20-30-22-43-16-18-45(26-43)24-32-10-7-11-33(40-32)25-46-19-17-44(27-46)23-31-21-29-9-2-4-13-35(29)42-39(31)48-37-15-6-5-14-36(37)47-38(30)41-34/h1-21,26-27H,22-25H2/q+2. The second-order valence-corrected chi connectivity index (χ2v) is 12.1. The Bertz CT molecular complexity index is 2280. The molecule has 232 valence electrons. The normalized spacial score (nSPS) is 13.0. The van der Waals surface area contributed by atoms with Crippen molar-refractivity contribution in [1.29, 1.82) is 0 Å². The molecule has 0 N–H and O–H groups in total. The van der Waals surface area contributed by atoms with E-state index in [2.05, 4.69) is 98.2 Å². The van der Waals surface area contributed by atoms with Crippen LogP contribution in [0.5, 0.6) is 23.3 Å². The highest BCUT2D eigenvalue weighted by atomic mass is 16.5. The molecular weight excluding hydrogens is 598 g/mol. The third kappa shape index (κ3) is 5.62. The van der Waals surface area contributed by atoms with Gasteiger partial charge in [-0.3, -0.25) is 0 Å². The van der Waals surface area contributed by atoms with Gasteiger partial charge in [0, 0.05) is 10.8 Å². The predicted molar refractivity (Wildman–Crippen MR) is 180 cm³/mol. The molecule has 0 unspecified atom stereocenters. The fourth-order valence-corrected chi connectivity index (χ4v) is 6.24. The minimum Gasteiger partial charge on any atom is -0.435 e. The Morgan fingerprint density at radius 2 is 1.00 bits per heavy atom. The molecule has 0 atom stereocenters. The highest BCUT2D eigenvalue weighted by Gasteiger charge is 2.19. The number of hydrogen-bond acceptors (Lipinski definition) is 5. The molecule has 9 heteroatoms. The average Bonchev–Trinajstić information content (AvgIpc) is 3.74. The van der Waals surface area contributed by atoms with Crippen molar-refractivity contribution in [2.75, 3.05) is 0 Å². The Hall–Kier alpha value is -6.35. The lowest BCUT2D eigenvalue weighted by Crippen LogP contribution is -2.32. The third-order valence-corrected chi connectivity index (χ3v) is 8.54. The minimum absolute atomic E-state index is 0.522. The maximum absolute atomic E-state index is 6.65. The van der Waals surface area contributed by atoms with Crippen LogP contribution < -0.4 is 18.6 Å². The van der Waals surface area contributed by atoms with Crippen molar-refractivity contribution in [3.8, 4) is 23.3 Å².